The third kappa shape index (κ3) is 4.55. The number of furan rings is 1. The van der Waals surface area contributed by atoms with E-state index in [9.17, 15) is 0 Å². The molecule has 8 aromatic carbocycles. The highest BCUT2D eigenvalue weighted by Crippen LogP contribution is 2.42. The molecule has 0 N–H and O–H groups in total. The van der Waals surface area contributed by atoms with E-state index in [2.05, 4.69) is 199 Å². The molecule has 0 spiro atoms. The van der Waals surface area contributed by atoms with Crippen molar-refractivity contribution in [1.82, 2.24) is 14.5 Å². The second kappa shape index (κ2) is 12.3. The number of nitrogens with zero attached hydrogens (tertiary/aromatic N) is 3. The fraction of sp³-hybridized carbons (Fsp3) is 0. The Morgan fingerprint density at radius 2 is 1.11 bits per heavy atom. The normalized spacial score (nSPS) is 13.1. The average Bonchev–Trinajstić information content (AvgIpc) is 3.94. The maximum absolute atomic E-state index is 6.71. The van der Waals surface area contributed by atoms with Crippen LogP contribution in [0.15, 0.2) is 205 Å². The topological polar surface area (TPSA) is 43.9 Å². The number of para-hydroxylation sites is 2. The Kier molecular flexibility index (Phi) is 6.91. The van der Waals surface area contributed by atoms with Crippen molar-refractivity contribution >= 4 is 72.7 Å². The van der Waals surface area contributed by atoms with E-state index in [1.165, 1.54) is 26.5 Å². The van der Waals surface area contributed by atoms with Crippen LogP contribution in [-0.4, -0.2) is 22.6 Å². The van der Waals surface area contributed by atoms with E-state index < -0.39 is 8.07 Å². The van der Waals surface area contributed by atoms with E-state index in [1.54, 1.807) is 0 Å². The third-order valence-electron chi connectivity index (χ3n) is 11.9. The van der Waals surface area contributed by atoms with Crippen molar-refractivity contribution in [3.8, 4) is 39.5 Å². The van der Waals surface area contributed by atoms with E-state index in [-0.39, 0.29) is 0 Å². The Morgan fingerprint density at radius 3 is 1.89 bits per heavy atom. The molecule has 57 heavy (non-hydrogen) atoms. The molecular formula is C52H33N3OSi. The van der Waals surface area contributed by atoms with Crippen LogP contribution in [0.5, 0.6) is 0 Å². The molecule has 0 saturated heterocycles. The first-order valence-electron chi connectivity index (χ1n) is 19.4. The van der Waals surface area contributed by atoms with Crippen LogP contribution < -0.4 is 20.9 Å². The minimum absolute atomic E-state index is 0.729. The molecule has 4 nitrogen and oxygen atoms in total. The molecule has 266 valence electrons. The minimum Gasteiger partial charge on any atom is -0.454 e. The van der Waals surface area contributed by atoms with Gasteiger partial charge in [-0.2, -0.15) is 0 Å². The summed E-state index contributed by atoms with van der Waals surface area (Å²) in [6, 6.07) is 71.8. The maximum Gasteiger partial charge on any atom is 0.203 e. The van der Waals surface area contributed by atoms with E-state index in [1.807, 2.05) is 6.07 Å². The molecular weight excluding hydrogens is 711 g/mol. The SMILES string of the molecule is c1ccc(-c2nc(-c3cccc(-n4c5ccccc5c5ccc6c7ccccc7oc6c54)c3)c3c(n2)[Si](c2ccccc2)(c2ccccc2)c2ccccc2-3)cc1. The van der Waals surface area contributed by atoms with Crippen LogP contribution in [-0.2, 0) is 0 Å². The smallest absolute Gasteiger partial charge is 0.203 e. The van der Waals surface area contributed by atoms with Gasteiger partial charge in [-0.1, -0.05) is 170 Å². The van der Waals surface area contributed by atoms with E-state index >= 15 is 0 Å². The zero-order valence-corrected chi connectivity index (χ0v) is 31.8. The summed E-state index contributed by atoms with van der Waals surface area (Å²) in [4.78, 5) is 11.2. The molecule has 0 amide bonds. The molecule has 1 aliphatic rings. The number of benzene rings is 8. The van der Waals surface area contributed by atoms with Crippen molar-refractivity contribution in [3.63, 3.8) is 0 Å². The van der Waals surface area contributed by atoms with Crippen LogP contribution in [0.3, 0.4) is 0 Å². The number of aromatic nitrogens is 3. The largest absolute Gasteiger partial charge is 0.454 e. The lowest BCUT2D eigenvalue weighted by molar-refractivity contribution is 0.671. The van der Waals surface area contributed by atoms with Gasteiger partial charge in [-0.25, -0.2) is 9.97 Å². The van der Waals surface area contributed by atoms with Gasteiger partial charge in [0.2, 0.25) is 8.07 Å². The molecule has 0 saturated carbocycles. The molecule has 0 bridgehead atoms. The number of fused-ring (bicyclic) bond motifs is 10. The van der Waals surface area contributed by atoms with Crippen molar-refractivity contribution < 1.29 is 4.42 Å². The van der Waals surface area contributed by atoms with Gasteiger partial charge in [-0.3, -0.25) is 0 Å². The van der Waals surface area contributed by atoms with Crippen LogP contribution >= 0.6 is 0 Å². The quantitative estimate of drug-likeness (QED) is 0.165. The van der Waals surface area contributed by atoms with Crippen molar-refractivity contribution in [2.45, 2.75) is 0 Å². The van der Waals surface area contributed by atoms with Crippen molar-refractivity contribution in [2.24, 2.45) is 0 Å². The lowest BCUT2D eigenvalue weighted by atomic mass is 10.00. The van der Waals surface area contributed by atoms with Gasteiger partial charge >= 0.3 is 0 Å². The fourth-order valence-electron chi connectivity index (χ4n) is 9.49. The highest BCUT2D eigenvalue weighted by Gasteiger charge is 2.51. The third-order valence-corrected chi connectivity index (χ3v) is 16.6. The Morgan fingerprint density at radius 1 is 0.474 bits per heavy atom. The summed E-state index contributed by atoms with van der Waals surface area (Å²) in [5.74, 6) is 0.729. The van der Waals surface area contributed by atoms with Gasteiger partial charge in [0.1, 0.15) is 5.58 Å². The summed E-state index contributed by atoms with van der Waals surface area (Å²) >= 11 is 0. The first kappa shape index (κ1) is 32.0. The lowest BCUT2D eigenvalue weighted by Gasteiger charge is -2.30. The van der Waals surface area contributed by atoms with Crippen molar-refractivity contribution in [2.75, 3.05) is 0 Å². The summed E-state index contributed by atoms with van der Waals surface area (Å²) in [5, 5.41) is 9.64. The molecule has 0 radical (unpaired) electrons. The molecule has 0 atom stereocenters. The molecule has 4 heterocycles. The molecule has 0 fully saturated rings. The predicted octanol–water partition coefficient (Wildman–Crippen LogP) is 10.2. The molecule has 1 aliphatic heterocycles. The molecule has 0 aliphatic carbocycles. The zero-order valence-electron chi connectivity index (χ0n) is 30.8. The van der Waals surface area contributed by atoms with Gasteiger partial charge in [0.25, 0.3) is 0 Å². The van der Waals surface area contributed by atoms with Gasteiger partial charge in [0.05, 0.1) is 22.0 Å². The Bertz CT molecular complexity index is 3310. The number of rotatable bonds is 5. The molecule has 0 unspecified atom stereocenters. The maximum atomic E-state index is 6.71. The van der Waals surface area contributed by atoms with Crippen molar-refractivity contribution in [1.29, 1.82) is 0 Å². The van der Waals surface area contributed by atoms with E-state index in [0.29, 0.717) is 0 Å². The first-order valence-corrected chi connectivity index (χ1v) is 21.4. The average molecular weight is 744 g/mol. The molecule has 3 aromatic heterocycles. The molecule has 12 rings (SSSR count). The monoisotopic (exact) mass is 743 g/mol. The summed E-state index contributed by atoms with van der Waals surface area (Å²) < 4.78 is 9.08. The van der Waals surface area contributed by atoms with Gasteiger partial charge in [-0.05, 0) is 51.5 Å². The summed E-state index contributed by atoms with van der Waals surface area (Å²) in [6.07, 6.45) is 0. The second-order valence-corrected chi connectivity index (χ2v) is 18.5. The second-order valence-electron chi connectivity index (χ2n) is 14.9. The van der Waals surface area contributed by atoms with Crippen LogP contribution in [0, 0.1) is 0 Å². The predicted molar refractivity (Wildman–Crippen MR) is 237 cm³/mol. The van der Waals surface area contributed by atoms with E-state index in [4.69, 9.17) is 14.4 Å². The van der Waals surface area contributed by atoms with Gasteiger partial charge in [0, 0.05) is 43.9 Å². The first-order chi connectivity index (χ1) is 28.3. The fourth-order valence-corrected chi connectivity index (χ4v) is 14.5. The van der Waals surface area contributed by atoms with E-state index in [0.717, 1.165) is 77.6 Å². The number of hydrogen-bond donors (Lipinski definition) is 0. The molecule has 5 heteroatoms. The minimum atomic E-state index is -2.91. The van der Waals surface area contributed by atoms with Crippen molar-refractivity contribution in [3.05, 3.63) is 200 Å². The lowest BCUT2D eigenvalue weighted by Crippen LogP contribution is -2.73. The summed E-state index contributed by atoms with van der Waals surface area (Å²) in [7, 11) is -2.91. The zero-order chi connectivity index (χ0) is 37.5. The Balaban J connectivity index is 1.19. The standard InChI is InChI=1S/C52H33N3OSi/c1-4-17-34(18-5-1)51-53-48(47-43-27-12-15-30-46(43)57(52(47)54-51,37-21-6-2-7-22-37)38-23-8-3-9-24-38)35-19-16-20-36(33-35)55-44-28-13-10-25-39(44)41-31-32-42-40-26-11-14-29-45(40)56-50(42)49(41)55/h1-33H. The van der Waals surface area contributed by atoms with Crippen LogP contribution in [0.1, 0.15) is 0 Å². The van der Waals surface area contributed by atoms with Crippen LogP contribution in [0.25, 0.3) is 83.2 Å². The highest BCUT2D eigenvalue weighted by molar-refractivity contribution is 7.21. The van der Waals surface area contributed by atoms with Crippen LogP contribution in [0.4, 0.5) is 0 Å². The Labute approximate surface area is 330 Å². The Hall–Kier alpha value is -7.34. The summed E-state index contributed by atoms with van der Waals surface area (Å²) in [6.45, 7) is 0. The van der Waals surface area contributed by atoms with Gasteiger partial charge < -0.3 is 8.98 Å². The number of hydrogen-bond acceptors (Lipinski definition) is 3. The van der Waals surface area contributed by atoms with Gasteiger partial charge in [-0.15, -0.1) is 0 Å². The summed E-state index contributed by atoms with van der Waals surface area (Å²) in [5.41, 5.74) is 10.3. The molecule has 11 aromatic rings. The van der Waals surface area contributed by atoms with Gasteiger partial charge in [0.15, 0.2) is 11.4 Å². The van der Waals surface area contributed by atoms with Crippen LogP contribution in [0.2, 0.25) is 0 Å². The highest BCUT2D eigenvalue weighted by atomic mass is 28.3.